The Morgan fingerprint density at radius 1 is 1.44 bits per heavy atom. The predicted octanol–water partition coefficient (Wildman–Crippen LogP) is 1.81. The molecule has 1 N–H and O–H groups in total. The molecule has 2 heterocycles. The highest BCUT2D eigenvalue weighted by Gasteiger charge is 2.10. The average Bonchev–Trinajstić information content (AvgIpc) is 2.85. The molecule has 0 saturated heterocycles. The van der Waals surface area contributed by atoms with Crippen LogP contribution in [0.15, 0.2) is 22.9 Å². The monoisotopic (exact) mass is 250 g/mol. The molecule has 2 aromatic rings. The van der Waals surface area contributed by atoms with Crippen molar-refractivity contribution in [1.82, 2.24) is 20.4 Å². The minimum atomic E-state index is -0.384. The Morgan fingerprint density at radius 2 is 2.28 bits per heavy atom. The molecule has 0 aromatic carbocycles. The molecule has 1 atom stereocenters. The number of pyridine rings is 1. The van der Waals surface area contributed by atoms with Crippen LogP contribution in [0.4, 0.5) is 4.39 Å². The second-order valence-electron chi connectivity index (χ2n) is 4.10. The van der Waals surface area contributed by atoms with Crippen molar-refractivity contribution >= 4 is 0 Å². The van der Waals surface area contributed by atoms with Crippen molar-refractivity contribution in [2.45, 2.75) is 25.8 Å². The van der Waals surface area contributed by atoms with Gasteiger partial charge in [-0.1, -0.05) is 5.16 Å². The van der Waals surface area contributed by atoms with Crippen LogP contribution in [-0.2, 0) is 6.42 Å². The van der Waals surface area contributed by atoms with E-state index in [9.17, 15) is 4.39 Å². The molecule has 2 rings (SSSR count). The normalized spacial score (nSPS) is 12.6. The molecule has 5 nitrogen and oxygen atoms in total. The highest BCUT2D eigenvalue weighted by atomic mass is 19.1. The largest absolute Gasteiger partial charge is 0.339 e. The quantitative estimate of drug-likeness (QED) is 0.876. The number of hydrogen-bond acceptors (Lipinski definition) is 5. The molecule has 0 aliphatic carbocycles. The lowest BCUT2D eigenvalue weighted by Crippen LogP contribution is -2.21. The zero-order valence-corrected chi connectivity index (χ0v) is 10.4. The van der Waals surface area contributed by atoms with Gasteiger partial charge in [0.2, 0.25) is 11.7 Å². The van der Waals surface area contributed by atoms with Crippen molar-refractivity contribution in [3.05, 3.63) is 30.0 Å². The molecule has 0 spiro atoms. The van der Waals surface area contributed by atoms with E-state index >= 15 is 0 Å². The molecule has 0 aliphatic rings. The third-order valence-corrected chi connectivity index (χ3v) is 2.71. The smallest absolute Gasteiger partial charge is 0.227 e. The van der Waals surface area contributed by atoms with Crippen LogP contribution in [0.2, 0.25) is 0 Å². The van der Waals surface area contributed by atoms with Gasteiger partial charge in [-0.05, 0) is 32.5 Å². The van der Waals surface area contributed by atoms with Crippen molar-refractivity contribution in [2.24, 2.45) is 0 Å². The summed E-state index contributed by atoms with van der Waals surface area (Å²) in [5.74, 6) is 0.575. The Morgan fingerprint density at radius 3 is 2.94 bits per heavy atom. The number of aryl methyl sites for hydroxylation is 1. The van der Waals surface area contributed by atoms with Gasteiger partial charge < -0.3 is 9.84 Å². The van der Waals surface area contributed by atoms with E-state index < -0.39 is 0 Å². The summed E-state index contributed by atoms with van der Waals surface area (Å²) >= 11 is 0. The van der Waals surface area contributed by atoms with Gasteiger partial charge in [0.25, 0.3) is 0 Å². The van der Waals surface area contributed by atoms with E-state index in [0.29, 0.717) is 29.9 Å². The standard InChI is InChI=1S/C12H15FN4O/c1-8(14-2)3-6-11-16-12(17-18-11)10-5-4-9(13)7-15-10/h4-5,7-8,14H,3,6H2,1-2H3. The first-order valence-corrected chi connectivity index (χ1v) is 5.81. The zero-order chi connectivity index (χ0) is 13.0. The molecule has 2 aromatic heterocycles. The fourth-order valence-corrected chi connectivity index (χ4v) is 1.45. The van der Waals surface area contributed by atoms with Crippen LogP contribution in [0.1, 0.15) is 19.2 Å². The number of hydrogen-bond donors (Lipinski definition) is 1. The maximum Gasteiger partial charge on any atom is 0.227 e. The highest BCUT2D eigenvalue weighted by Crippen LogP contribution is 2.14. The van der Waals surface area contributed by atoms with Crippen molar-refractivity contribution < 1.29 is 8.91 Å². The third-order valence-electron chi connectivity index (χ3n) is 2.71. The first-order valence-electron chi connectivity index (χ1n) is 5.81. The maximum atomic E-state index is 12.7. The topological polar surface area (TPSA) is 63.8 Å². The lowest BCUT2D eigenvalue weighted by Gasteiger charge is -2.06. The fraction of sp³-hybridized carbons (Fsp3) is 0.417. The van der Waals surface area contributed by atoms with Gasteiger partial charge >= 0.3 is 0 Å². The molecule has 0 amide bonds. The molecular formula is C12H15FN4O. The molecular weight excluding hydrogens is 235 g/mol. The summed E-state index contributed by atoms with van der Waals surface area (Å²) in [6.45, 7) is 2.08. The summed E-state index contributed by atoms with van der Waals surface area (Å²) < 4.78 is 17.8. The second kappa shape index (κ2) is 5.68. The van der Waals surface area contributed by atoms with Gasteiger partial charge in [0, 0.05) is 12.5 Å². The summed E-state index contributed by atoms with van der Waals surface area (Å²) in [6.07, 6.45) is 2.75. The summed E-state index contributed by atoms with van der Waals surface area (Å²) in [5.41, 5.74) is 0.507. The molecule has 0 bridgehead atoms. The number of rotatable bonds is 5. The van der Waals surface area contributed by atoms with E-state index in [4.69, 9.17) is 4.52 Å². The summed E-state index contributed by atoms with van der Waals surface area (Å²) in [4.78, 5) is 8.13. The van der Waals surface area contributed by atoms with Gasteiger partial charge in [0.15, 0.2) is 0 Å². The van der Waals surface area contributed by atoms with Crippen LogP contribution < -0.4 is 5.32 Å². The first kappa shape index (κ1) is 12.6. The van der Waals surface area contributed by atoms with E-state index in [1.807, 2.05) is 7.05 Å². The summed E-state index contributed by atoms with van der Waals surface area (Å²) in [5, 5.41) is 6.96. The Balaban J connectivity index is 2.03. The Labute approximate surface area is 104 Å². The maximum absolute atomic E-state index is 12.7. The fourth-order valence-electron chi connectivity index (χ4n) is 1.45. The van der Waals surface area contributed by atoms with Crippen molar-refractivity contribution in [3.63, 3.8) is 0 Å². The minimum Gasteiger partial charge on any atom is -0.339 e. The lowest BCUT2D eigenvalue weighted by molar-refractivity contribution is 0.369. The van der Waals surface area contributed by atoms with Gasteiger partial charge in [0.1, 0.15) is 11.5 Å². The van der Waals surface area contributed by atoms with E-state index in [-0.39, 0.29) is 5.82 Å². The highest BCUT2D eigenvalue weighted by molar-refractivity contribution is 5.47. The van der Waals surface area contributed by atoms with E-state index in [0.717, 1.165) is 12.6 Å². The zero-order valence-electron chi connectivity index (χ0n) is 10.4. The number of nitrogens with zero attached hydrogens (tertiary/aromatic N) is 3. The van der Waals surface area contributed by atoms with Crippen LogP contribution >= 0.6 is 0 Å². The second-order valence-corrected chi connectivity index (χ2v) is 4.10. The predicted molar refractivity (Wildman–Crippen MR) is 64.3 cm³/mol. The summed E-state index contributed by atoms with van der Waals surface area (Å²) in [7, 11) is 1.91. The molecule has 1 unspecified atom stereocenters. The van der Waals surface area contributed by atoms with Gasteiger partial charge in [-0.15, -0.1) is 0 Å². The minimum absolute atomic E-state index is 0.384. The lowest BCUT2D eigenvalue weighted by atomic mass is 10.2. The van der Waals surface area contributed by atoms with Crippen LogP contribution in [0.25, 0.3) is 11.5 Å². The number of nitrogens with one attached hydrogen (secondary N) is 1. The van der Waals surface area contributed by atoms with E-state index in [1.165, 1.54) is 12.1 Å². The van der Waals surface area contributed by atoms with Gasteiger partial charge in [-0.25, -0.2) is 9.37 Å². The Kier molecular flexibility index (Phi) is 3.99. The van der Waals surface area contributed by atoms with Crippen LogP contribution in [0.5, 0.6) is 0 Å². The number of halogens is 1. The van der Waals surface area contributed by atoms with Crippen molar-refractivity contribution in [3.8, 4) is 11.5 Å². The average molecular weight is 250 g/mol. The van der Waals surface area contributed by atoms with Gasteiger partial charge in [-0.2, -0.15) is 4.98 Å². The molecule has 0 saturated carbocycles. The molecule has 0 fully saturated rings. The Hall–Kier alpha value is -1.82. The first-order chi connectivity index (χ1) is 8.69. The van der Waals surface area contributed by atoms with Gasteiger partial charge in [-0.3, -0.25) is 0 Å². The van der Waals surface area contributed by atoms with Gasteiger partial charge in [0.05, 0.1) is 6.20 Å². The third kappa shape index (κ3) is 3.10. The van der Waals surface area contributed by atoms with Crippen LogP contribution in [-0.4, -0.2) is 28.2 Å². The van der Waals surface area contributed by atoms with Crippen LogP contribution in [0.3, 0.4) is 0 Å². The van der Waals surface area contributed by atoms with Crippen molar-refractivity contribution in [1.29, 1.82) is 0 Å². The number of aromatic nitrogens is 3. The molecule has 18 heavy (non-hydrogen) atoms. The van der Waals surface area contributed by atoms with Crippen LogP contribution in [0, 0.1) is 5.82 Å². The van der Waals surface area contributed by atoms with Crippen molar-refractivity contribution in [2.75, 3.05) is 7.05 Å². The molecule has 0 radical (unpaired) electrons. The molecule has 96 valence electrons. The van der Waals surface area contributed by atoms with E-state index in [1.54, 1.807) is 0 Å². The van der Waals surface area contributed by atoms with E-state index in [2.05, 4.69) is 27.4 Å². The SMILES string of the molecule is CNC(C)CCc1nc(-c2ccc(F)cn2)no1. The molecule has 6 heteroatoms. The Bertz CT molecular complexity index is 497. The summed E-state index contributed by atoms with van der Waals surface area (Å²) in [6, 6.07) is 3.24. The molecule has 0 aliphatic heterocycles.